The zero-order chi connectivity index (χ0) is 17.6. The predicted molar refractivity (Wildman–Crippen MR) is 99.7 cm³/mol. The van der Waals surface area contributed by atoms with E-state index in [1.807, 2.05) is 30.3 Å². The fourth-order valence-corrected chi connectivity index (χ4v) is 2.83. The van der Waals surface area contributed by atoms with Crippen LogP contribution in [-0.4, -0.2) is 24.6 Å². The van der Waals surface area contributed by atoms with Crippen molar-refractivity contribution in [3.05, 3.63) is 65.7 Å². The molecule has 1 aliphatic heterocycles. The SMILES string of the molecule is CC(CCc1ccc(NC(=O)c2ccccc2)cc1)[C@H]1COC(N)=N1. The molecule has 130 valence electrons. The van der Waals surface area contributed by atoms with Crippen LogP contribution >= 0.6 is 0 Å². The van der Waals surface area contributed by atoms with Crippen molar-refractivity contribution in [2.75, 3.05) is 11.9 Å². The first-order valence-corrected chi connectivity index (χ1v) is 8.53. The molecule has 1 heterocycles. The Morgan fingerprint density at radius 3 is 2.60 bits per heavy atom. The second kappa shape index (κ2) is 7.83. The molecule has 5 nitrogen and oxygen atoms in total. The molecule has 5 heteroatoms. The zero-order valence-corrected chi connectivity index (χ0v) is 14.3. The minimum absolute atomic E-state index is 0.0985. The van der Waals surface area contributed by atoms with Gasteiger partial charge in [-0.15, -0.1) is 0 Å². The third-order valence-electron chi connectivity index (χ3n) is 4.49. The van der Waals surface area contributed by atoms with Crippen LogP contribution in [0.1, 0.15) is 29.3 Å². The highest BCUT2D eigenvalue weighted by Gasteiger charge is 2.22. The Morgan fingerprint density at radius 1 is 1.24 bits per heavy atom. The monoisotopic (exact) mass is 337 g/mol. The number of hydrogen-bond acceptors (Lipinski definition) is 4. The van der Waals surface area contributed by atoms with Crippen LogP contribution < -0.4 is 11.1 Å². The van der Waals surface area contributed by atoms with Crippen molar-refractivity contribution in [1.29, 1.82) is 0 Å². The molecule has 3 N–H and O–H groups in total. The standard InChI is InChI=1S/C20H23N3O2/c1-14(18-13-25-20(21)23-18)7-8-15-9-11-17(12-10-15)22-19(24)16-5-3-2-4-6-16/h2-6,9-12,14,18H,7-8,13H2,1H3,(H2,21,23)(H,22,24)/t14?,18-/m1/s1. The van der Waals surface area contributed by atoms with Crippen LogP contribution in [0, 0.1) is 5.92 Å². The summed E-state index contributed by atoms with van der Waals surface area (Å²) in [6.45, 7) is 2.75. The summed E-state index contributed by atoms with van der Waals surface area (Å²) in [4.78, 5) is 16.4. The number of carbonyl (C=O) groups is 1. The highest BCUT2D eigenvalue weighted by molar-refractivity contribution is 6.04. The molecule has 2 aromatic rings. The molecular formula is C20H23N3O2. The van der Waals surface area contributed by atoms with E-state index in [1.165, 1.54) is 5.56 Å². The Kier molecular flexibility index (Phi) is 5.33. The van der Waals surface area contributed by atoms with Crippen molar-refractivity contribution in [3.63, 3.8) is 0 Å². The number of anilines is 1. The quantitative estimate of drug-likeness (QED) is 0.849. The van der Waals surface area contributed by atoms with Gasteiger partial charge in [0.2, 0.25) is 0 Å². The summed E-state index contributed by atoms with van der Waals surface area (Å²) < 4.78 is 5.22. The minimum atomic E-state index is -0.0985. The van der Waals surface area contributed by atoms with Gasteiger partial charge in [-0.3, -0.25) is 4.79 Å². The Balaban J connectivity index is 1.51. The van der Waals surface area contributed by atoms with Gasteiger partial charge in [0, 0.05) is 11.3 Å². The Hall–Kier alpha value is -2.82. The number of aryl methyl sites for hydroxylation is 1. The molecule has 1 amide bonds. The van der Waals surface area contributed by atoms with Crippen LogP contribution in [0.4, 0.5) is 5.69 Å². The number of nitrogens with two attached hydrogens (primary N) is 1. The molecule has 0 aliphatic carbocycles. The summed E-state index contributed by atoms with van der Waals surface area (Å²) in [6, 6.07) is 17.6. The number of amidine groups is 1. The van der Waals surface area contributed by atoms with Crippen molar-refractivity contribution in [1.82, 2.24) is 0 Å². The van der Waals surface area contributed by atoms with Crippen molar-refractivity contribution < 1.29 is 9.53 Å². The van der Waals surface area contributed by atoms with Crippen LogP contribution in [0.15, 0.2) is 59.6 Å². The Labute approximate surface area is 147 Å². The van der Waals surface area contributed by atoms with Gasteiger partial charge >= 0.3 is 0 Å². The summed E-state index contributed by atoms with van der Waals surface area (Å²) in [5.41, 5.74) is 8.25. The van der Waals surface area contributed by atoms with Crippen molar-refractivity contribution >= 4 is 17.6 Å². The summed E-state index contributed by atoms with van der Waals surface area (Å²) in [7, 11) is 0. The van der Waals surface area contributed by atoms with Gasteiger partial charge in [0.05, 0.1) is 6.04 Å². The number of nitrogens with zero attached hydrogens (tertiary/aromatic N) is 1. The average Bonchev–Trinajstić information content (AvgIpc) is 3.08. The van der Waals surface area contributed by atoms with Crippen molar-refractivity contribution in [3.8, 4) is 0 Å². The molecule has 0 fully saturated rings. The van der Waals surface area contributed by atoms with Crippen LogP contribution in [0.2, 0.25) is 0 Å². The zero-order valence-electron chi connectivity index (χ0n) is 14.3. The van der Waals surface area contributed by atoms with E-state index in [4.69, 9.17) is 10.5 Å². The van der Waals surface area contributed by atoms with E-state index in [2.05, 4.69) is 29.4 Å². The van der Waals surface area contributed by atoms with Gasteiger partial charge in [0.25, 0.3) is 11.9 Å². The number of ether oxygens (including phenoxy) is 1. The second-order valence-corrected chi connectivity index (χ2v) is 6.38. The van der Waals surface area contributed by atoms with E-state index in [-0.39, 0.29) is 11.9 Å². The fourth-order valence-electron chi connectivity index (χ4n) is 2.83. The molecule has 25 heavy (non-hydrogen) atoms. The highest BCUT2D eigenvalue weighted by atomic mass is 16.5. The maximum atomic E-state index is 12.1. The smallest absolute Gasteiger partial charge is 0.282 e. The Bertz CT molecular complexity index is 741. The number of benzene rings is 2. The molecule has 3 rings (SSSR count). The summed E-state index contributed by atoms with van der Waals surface area (Å²) in [5.74, 6) is 0.317. The molecule has 0 spiro atoms. The molecule has 0 radical (unpaired) electrons. The third kappa shape index (κ3) is 4.59. The first-order valence-electron chi connectivity index (χ1n) is 8.53. The number of nitrogens with one attached hydrogen (secondary N) is 1. The van der Waals surface area contributed by atoms with Crippen LogP contribution in [0.3, 0.4) is 0 Å². The lowest BCUT2D eigenvalue weighted by molar-refractivity contribution is 0.102. The molecule has 2 aromatic carbocycles. The lowest BCUT2D eigenvalue weighted by Gasteiger charge is -2.15. The van der Waals surface area contributed by atoms with Gasteiger partial charge in [0.15, 0.2) is 0 Å². The number of carbonyl (C=O) groups excluding carboxylic acids is 1. The van der Waals surface area contributed by atoms with Gasteiger partial charge in [-0.05, 0) is 48.6 Å². The topological polar surface area (TPSA) is 76.7 Å². The number of amides is 1. The minimum Gasteiger partial charge on any atom is -0.463 e. The molecule has 2 atom stereocenters. The normalized spacial score (nSPS) is 17.5. The highest BCUT2D eigenvalue weighted by Crippen LogP contribution is 2.20. The fraction of sp³-hybridized carbons (Fsp3) is 0.300. The largest absolute Gasteiger partial charge is 0.463 e. The summed E-state index contributed by atoms with van der Waals surface area (Å²) >= 11 is 0. The first kappa shape index (κ1) is 17.0. The summed E-state index contributed by atoms with van der Waals surface area (Å²) in [5, 5.41) is 2.91. The van der Waals surface area contributed by atoms with Crippen LogP contribution in [0.5, 0.6) is 0 Å². The van der Waals surface area contributed by atoms with E-state index in [0.717, 1.165) is 18.5 Å². The van der Waals surface area contributed by atoms with Crippen LogP contribution in [0.25, 0.3) is 0 Å². The van der Waals surface area contributed by atoms with E-state index in [0.29, 0.717) is 24.1 Å². The second-order valence-electron chi connectivity index (χ2n) is 6.38. The molecular weight excluding hydrogens is 314 g/mol. The molecule has 0 aromatic heterocycles. The molecule has 1 aliphatic rings. The van der Waals surface area contributed by atoms with E-state index < -0.39 is 0 Å². The van der Waals surface area contributed by atoms with Gasteiger partial charge < -0.3 is 15.8 Å². The first-order chi connectivity index (χ1) is 12.1. The van der Waals surface area contributed by atoms with Crippen molar-refractivity contribution in [2.24, 2.45) is 16.6 Å². The van der Waals surface area contributed by atoms with Crippen LogP contribution in [-0.2, 0) is 11.2 Å². The number of rotatable bonds is 6. The maximum absolute atomic E-state index is 12.1. The molecule has 0 saturated heterocycles. The predicted octanol–water partition coefficient (Wildman–Crippen LogP) is 3.22. The van der Waals surface area contributed by atoms with E-state index >= 15 is 0 Å². The van der Waals surface area contributed by atoms with Gasteiger partial charge in [0.1, 0.15) is 6.61 Å². The molecule has 0 bridgehead atoms. The number of aliphatic imine (C=N–C) groups is 1. The number of hydrogen-bond donors (Lipinski definition) is 2. The third-order valence-corrected chi connectivity index (χ3v) is 4.49. The van der Waals surface area contributed by atoms with Gasteiger partial charge in [-0.25, -0.2) is 4.99 Å². The van der Waals surface area contributed by atoms with Crippen molar-refractivity contribution in [2.45, 2.75) is 25.8 Å². The lowest BCUT2D eigenvalue weighted by atomic mass is 9.95. The maximum Gasteiger partial charge on any atom is 0.282 e. The molecule has 1 unspecified atom stereocenters. The summed E-state index contributed by atoms with van der Waals surface area (Å²) in [6.07, 6.45) is 1.97. The van der Waals surface area contributed by atoms with E-state index in [9.17, 15) is 4.79 Å². The van der Waals surface area contributed by atoms with E-state index in [1.54, 1.807) is 12.1 Å². The Morgan fingerprint density at radius 2 is 1.96 bits per heavy atom. The van der Waals surface area contributed by atoms with Gasteiger partial charge in [-0.1, -0.05) is 37.3 Å². The average molecular weight is 337 g/mol. The van der Waals surface area contributed by atoms with Gasteiger partial charge in [-0.2, -0.15) is 0 Å². The molecule has 0 saturated carbocycles. The lowest BCUT2D eigenvalue weighted by Crippen LogP contribution is -2.17.